The van der Waals surface area contributed by atoms with Crippen molar-refractivity contribution in [2.75, 3.05) is 32.7 Å². The van der Waals surface area contributed by atoms with Gasteiger partial charge in [-0.2, -0.15) is 0 Å². The van der Waals surface area contributed by atoms with Crippen molar-refractivity contribution >= 4 is 11.9 Å². The summed E-state index contributed by atoms with van der Waals surface area (Å²) < 4.78 is 0. The van der Waals surface area contributed by atoms with Crippen LogP contribution in [0.1, 0.15) is 57.6 Å². The first-order valence-electron chi connectivity index (χ1n) is 11.7. The second-order valence-electron chi connectivity index (χ2n) is 8.82. The molecule has 1 aromatic rings. The third kappa shape index (κ3) is 6.73. The third-order valence-electron chi connectivity index (χ3n) is 6.12. The molecular formula is C24H39N5O. The van der Waals surface area contributed by atoms with Crippen LogP contribution in [0.15, 0.2) is 29.3 Å². The minimum Gasteiger partial charge on any atom is -0.357 e. The maximum atomic E-state index is 11.9. The van der Waals surface area contributed by atoms with Crippen LogP contribution in [-0.4, -0.2) is 60.4 Å². The van der Waals surface area contributed by atoms with E-state index in [-0.39, 0.29) is 11.9 Å². The molecule has 6 nitrogen and oxygen atoms in total. The molecule has 2 saturated heterocycles. The lowest BCUT2D eigenvalue weighted by atomic mass is 9.99. The fourth-order valence-electron chi connectivity index (χ4n) is 4.45. The zero-order valence-electron chi connectivity index (χ0n) is 19.0. The Morgan fingerprint density at radius 2 is 1.87 bits per heavy atom. The molecule has 0 saturated carbocycles. The number of nitrogens with one attached hydrogen (secondary N) is 2. The Kier molecular flexibility index (Phi) is 8.55. The summed E-state index contributed by atoms with van der Waals surface area (Å²) in [4.78, 5) is 21.2. The number of carbonyl (C=O) groups excluding carboxylic acids is 1. The SMILES string of the molecule is CCNC(=NCc1ccc(CN2CCCC(C)C2)cc1)NC1CCN(C(=O)CC)C1. The van der Waals surface area contributed by atoms with E-state index in [1.165, 1.54) is 37.1 Å². The van der Waals surface area contributed by atoms with Gasteiger partial charge in [-0.05, 0) is 49.8 Å². The lowest BCUT2D eigenvalue weighted by molar-refractivity contribution is -0.129. The average Bonchev–Trinajstić information content (AvgIpc) is 3.21. The van der Waals surface area contributed by atoms with E-state index in [1.54, 1.807) is 0 Å². The normalized spacial score (nSPS) is 22.9. The Balaban J connectivity index is 1.51. The van der Waals surface area contributed by atoms with E-state index < -0.39 is 0 Å². The zero-order valence-corrected chi connectivity index (χ0v) is 19.0. The van der Waals surface area contributed by atoms with Crippen molar-refractivity contribution in [3.05, 3.63) is 35.4 Å². The standard InChI is InChI=1S/C24H39N5O/c1-4-23(30)29-14-12-22(18-29)27-24(25-5-2)26-15-20-8-10-21(11-9-20)17-28-13-6-7-19(3)16-28/h8-11,19,22H,4-7,12-18H2,1-3H3,(H2,25,26,27). The van der Waals surface area contributed by atoms with Crippen LogP contribution in [0, 0.1) is 5.92 Å². The largest absolute Gasteiger partial charge is 0.357 e. The van der Waals surface area contributed by atoms with Crippen LogP contribution in [0.4, 0.5) is 0 Å². The highest BCUT2D eigenvalue weighted by Crippen LogP contribution is 2.18. The molecule has 2 aliphatic rings. The van der Waals surface area contributed by atoms with Gasteiger partial charge in [-0.3, -0.25) is 9.69 Å². The first-order chi connectivity index (χ1) is 14.6. The van der Waals surface area contributed by atoms with Gasteiger partial charge in [0.15, 0.2) is 5.96 Å². The summed E-state index contributed by atoms with van der Waals surface area (Å²) in [7, 11) is 0. The Morgan fingerprint density at radius 1 is 1.10 bits per heavy atom. The molecule has 0 aliphatic carbocycles. The molecule has 2 aliphatic heterocycles. The molecule has 0 bridgehead atoms. The fraction of sp³-hybridized carbons (Fsp3) is 0.667. The van der Waals surface area contributed by atoms with E-state index >= 15 is 0 Å². The van der Waals surface area contributed by atoms with Gasteiger partial charge in [0, 0.05) is 45.2 Å². The number of amides is 1. The molecule has 1 aromatic carbocycles. The molecule has 2 atom stereocenters. The average molecular weight is 414 g/mol. The number of carbonyl (C=O) groups is 1. The Hall–Kier alpha value is -2.08. The van der Waals surface area contributed by atoms with Gasteiger partial charge in [0.05, 0.1) is 6.54 Å². The van der Waals surface area contributed by atoms with Crippen LogP contribution < -0.4 is 10.6 Å². The highest BCUT2D eigenvalue weighted by Gasteiger charge is 2.25. The lowest BCUT2D eigenvalue weighted by Gasteiger charge is -2.30. The topological polar surface area (TPSA) is 60.0 Å². The summed E-state index contributed by atoms with van der Waals surface area (Å²) in [5.74, 6) is 1.89. The van der Waals surface area contributed by atoms with E-state index in [1.807, 2.05) is 11.8 Å². The number of piperidine rings is 1. The molecule has 2 fully saturated rings. The van der Waals surface area contributed by atoms with Gasteiger partial charge in [0.25, 0.3) is 0 Å². The first kappa shape index (κ1) is 22.6. The van der Waals surface area contributed by atoms with Crippen molar-refractivity contribution in [2.45, 2.75) is 65.6 Å². The second-order valence-corrected chi connectivity index (χ2v) is 8.82. The van der Waals surface area contributed by atoms with Gasteiger partial charge < -0.3 is 15.5 Å². The predicted octanol–water partition coefficient (Wildman–Crippen LogP) is 2.98. The predicted molar refractivity (Wildman–Crippen MR) is 123 cm³/mol. The maximum absolute atomic E-state index is 11.9. The molecule has 2 N–H and O–H groups in total. The summed E-state index contributed by atoms with van der Waals surface area (Å²) in [5.41, 5.74) is 2.60. The van der Waals surface area contributed by atoms with Gasteiger partial charge in [-0.25, -0.2) is 4.99 Å². The molecule has 30 heavy (non-hydrogen) atoms. The molecule has 6 heteroatoms. The number of likely N-dealkylation sites (tertiary alicyclic amines) is 2. The van der Waals surface area contributed by atoms with E-state index in [4.69, 9.17) is 4.99 Å². The number of hydrogen-bond donors (Lipinski definition) is 2. The third-order valence-corrected chi connectivity index (χ3v) is 6.12. The van der Waals surface area contributed by atoms with Crippen molar-refractivity contribution in [2.24, 2.45) is 10.9 Å². The van der Waals surface area contributed by atoms with Gasteiger partial charge in [0.1, 0.15) is 0 Å². The maximum Gasteiger partial charge on any atom is 0.222 e. The fourth-order valence-corrected chi connectivity index (χ4v) is 4.45. The molecule has 2 heterocycles. The Bertz CT molecular complexity index is 702. The van der Waals surface area contributed by atoms with Crippen molar-refractivity contribution in [3.63, 3.8) is 0 Å². The number of aliphatic imine (C=N–C) groups is 1. The number of hydrogen-bond acceptors (Lipinski definition) is 3. The van der Waals surface area contributed by atoms with Crippen LogP contribution >= 0.6 is 0 Å². The zero-order chi connectivity index (χ0) is 21.3. The molecule has 0 spiro atoms. The second kappa shape index (κ2) is 11.3. The van der Waals surface area contributed by atoms with Crippen LogP contribution in [0.3, 0.4) is 0 Å². The monoisotopic (exact) mass is 413 g/mol. The Morgan fingerprint density at radius 3 is 2.57 bits per heavy atom. The lowest BCUT2D eigenvalue weighted by Crippen LogP contribution is -2.45. The molecule has 0 radical (unpaired) electrons. The van der Waals surface area contributed by atoms with Crippen molar-refractivity contribution < 1.29 is 4.79 Å². The van der Waals surface area contributed by atoms with Crippen molar-refractivity contribution in [3.8, 4) is 0 Å². The van der Waals surface area contributed by atoms with E-state index in [0.717, 1.165) is 44.5 Å². The summed E-state index contributed by atoms with van der Waals surface area (Å²) in [5, 5.41) is 6.84. The van der Waals surface area contributed by atoms with Crippen LogP contribution in [0.25, 0.3) is 0 Å². The minimum atomic E-state index is 0.236. The number of guanidine groups is 1. The molecule has 0 aromatic heterocycles. The minimum absolute atomic E-state index is 0.236. The van der Waals surface area contributed by atoms with Crippen LogP contribution in [0.2, 0.25) is 0 Å². The first-order valence-corrected chi connectivity index (χ1v) is 11.7. The molecule has 2 unspecified atom stereocenters. The smallest absolute Gasteiger partial charge is 0.222 e. The molecular weight excluding hydrogens is 374 g/mol. The summed E-state index contributed by atoms with van der Waals surface area (Å²) >= 11 is 0. The van der Waals surface area contributed by atoms with Gasteiger partial charge in [-0.1, -0.05) is 38.1 Å². The molecule has 3 rings (SSSR count). The number of rotatable bonds is 7. The van der Waals surface area contributed by atoms with Crippen molar-refractivity contribution in [1.82, 2.24) is 20.4 Å². The van der Waals surface area contributed by atoms with Gasteiger partial charge in [-0.15, -0.1) is 0 Å². The van der Waals surface area contributed by atoms with Gasteiger partial charge in [0.2, 0.25) is 5.91 Å². The van der Waals surface area contributed by atoms with E-state index in [2.05, 4.69) is 53.6 Å². The molecule has 166 valence electrons. The summed E-state index contributed by atoms with van der Waals surface area (Å²) in [6.07, 6.45) is 4.23. The highest BCUT2D eigenvalue weighted by atomic mass is 16.2. The van der Waals surface area contributed by atoms with E-state index in [9.17, 15) is 4.79 Å². The quantitative estimate of drug-likeness (QED) is 0.533. The number of nitrogens with zero attached hydrogens (tertiary/aromatic N) is 3. The van der Waals surface area contributed by atoms with Crippen LogP contribution in [0.5, 0.6) is 0 Å². The van der Waals surface area contributed by atoms with Crippen molar-refractivity contribution in [1.29, 1.82) is 0 Å². The summed E-state index contributed by atoms with van der Waals surface area (Å²) in [6, 6.07) is 9.17. The Labute approximate surface area is 182 Å². The summed E-state index contributed by atoms with van der Waals surface area (Å²) in [6.45, 7) is 12.9. The highest BCUT2D eigenvalue weighted by molar-refractivity contribution is 5.80. The van der Waals surface area contributed by atoms with Gasteiger partial charge >= 0.3 is 0 Å². The van der Waals surface area contributed by atoms with E-state index in [0.29, 0.717) is 13.0 Å². The number of benzene rings is 1. The molecule has 1 amide bonds. The van der Waals surface area contributed by atoms with Crippen LogP contribution in [-0.2, 0) is 17.9 Å².